The maximum absolute atomic E-state index is 11.2. The number of carbonyl (C=O) groups is 1. The predicted molar refractivity (Wildman–Crippen MR) is 122 cm³/mol. The quantitative estimate of drug-likeness (QED) is 0.387. The molecule has 170 valence electrons. The first-order valence-electron chi connectivity index (χ1n) is 10.9. The number of hydrogen-bond donors (Lipinski definition) is 1. The lowest BCUT2D eigenvalue weighted by Gasteiger charge is -2.14. The second-order valence-corrected chi connectivity index (χ2v) is 8.12. The minimum absolute atomic E-state index is 0.0652. The smallest absolute Gasteiger partial charge is 0.240 e. The van der Waals surface area contributed by atoms with E-state index in [0.29, 0.717) is 50.0 Å². The Kier molecular flexibility index (Phi) is 7.98. The number of ether oxygens (including phenoxy) is 4. The molecule has 0 saturated carbocycles. The van der Waals surface area contributed by atoms with E-state index < -0.39 is 0 Å². The molecule has 2 aliphatic rings. The third-order valence-electron chi connectivity index (χ3n) is 5.16. The van der Waals surface area contributed by atoms with Gasteiger partial charge >= 0.3 is 0 Å². The highest BCUT2D eigenvalue weighted by Crippen LogP contribution is 2.27. The average molecular weight is 459 g/mol. The van der Waals surface area contributed by atoms with Crippen LogP contribution in [0.2, 0.25) is 5.02 Å². The van der Waals surface area contributed by atoms with Gasteiger partial charge in [0.25, 0.3) is 0 Å². The predicted octanol–water partition coefficient (Wildman–Crippen LogP) is 3.76. The van der Waals surface area contributed by atoms with Crippen molar-refractivity contribution in [2.75, 3.05) is 33.0 Å². The van der Waals surface area contributed by atoms with E-state index in [1.165, 1.54) is 5.56 Å². The van der Waals surface area contributed by atoms with Crippen LogP contribution in [-0.4, -0.2) is 50.8 Å². The summed E-state index contributed by atoms with van der Waals surface area (Å²) >= 11 is 6.34. The van der Waals surface area contributed by atoms with Crippen molar-refractivity contribution in [3.05, 3.63) is 58.6 Å². The number of benzene rings is 2. The van der Waals surface area contributed by atoms with Crippen LogP contribution in [-0.2, 0) is 20.7 Å². The normalized spacial score (nSPS) is 17.5. The zero-order chi connectivity index (χ0) is 22.2. The van der Waals surface area contributed by atoms with Crippen LogP contribution in [0.25, 0.3) is 0 Å². The first-order valence-corrected chi connectivity index (χ1v) is 11.2. The summed E-state index contributed by atoms with van der Waals surface area (Å²) in [6, 6.07) is 13.7. The fourth-order valence-electron chi connectivity index (χ4n) is 3.22. The third-order valence-corrected chi connectivity index (χ3v) is 5.45. The standard InChI is InChI=1S/C24H27ClN2O5/c25-21-14-18(22-7-9-24(28)27-26-22)4-8-23(21)30-12-1-11-29-13-10-17-2-5-19(6-3-17)31-15-20-16-32-20/h2-6,8,14,20H,1,7,9-13,15-16H2,(H,27,28)/t20-/m1/s1. The molecule has 2 aromatic carbocycles. The maximum Gasteiger partial charge on any atom is 0.240 e. The number of epoxide rings is 1. The molecule has 0 spiro atoms. The van der Waals surface area contributed by atoms with E-state index in [1.807, 2.05) is 30.3 Å². The molecule has 1 amide bonds. The Morgan fingerprint density at radius 1 is 1.06 bits per heavy atom. The van der Waals surface area contributed by atoms with Crippen molar-refractivity contribution in [2.24, 2.45) is 5.10 Å². The van der Waals surface area contributed by atoms with Crippen molar-refractivity contribution in [3.63, 3.8) is 0 Å². The molecule has 1 fully saturated rings. The molecule has 2 aliphatic heterocycles. The molecule has 8 heteroatoms. The van der Waals surface area contributed by atoms with Crippen LogP contribution >= 0.6 is 11.6 Å². The van der Waals surface area contributed by atoms with Crippen molar-refractivity contribution in [1.29, 1.82) is 0 Å². The third kappa shape index (κ3) is 6.95. The van der Waals surface area contributed by atoms with Crippen LogP contribution in [0, 0.1) is 0 Å². The molecule has 0 bridgehead atoms. The van der Waals surface area contributed by atoms with Crippen molar-refractivity contribution < 1.29 is 23.7 Å². The SMILES string of the molecule is O=C1CCC(c2ccc(OCCCOCCc3ccc(OC[C@@H]4CO4)cc3)c(Cl)c2)=NN1. The molecular weight excluding hydrogens is 432 g/mol. The molecule has 32 heavy (non-hydrogen) atoms. The molecule has 0 aliphatic carbocycles. The molecule has 0 radical (unpaired) electrons. The summed E-state index contributed by atoms with van der Waals surface area (Å²) in [5.74, 6) is 1.43. The average Bonchev–Trinajstić information content (AvgIpc) is 3.64. The minimum atomic E-state index is -0.0652. The van der Waals surface area contributed by atoms with Gasteiger partial charge in [-0.05, 0) is 47.9 Å². The number of hydrogen-bond acceptors (Lipinski definition) is 6. The van der Waals surface area contributed by atoms with Gasteiger partial charge in [-0.3, -0.25) is 4.79 Å². The number of nitrogens with one attached hydrogen (secondary N) is 1. The maximum atomic E-state index is 11.2. The van der Waals surface area contributed by atoms with Crippen molar-refractivity contribution in [2.45, 2.75) is 31.8 Å². The van der Waals surface area contributed by atoms with Gasteiger partial charge in [0.05, 0.1) is 30.6 Å². The highest BCUT2D eigenvalue weighted by Gasteiger charge is 2.22. The van der Waals surface area contributed by atoms with Crippen molar-refractivity contribution in [3.8, 4) is 11.5 Å². The number of amides is 1. The molecule has 1 saturated heterocycles. The lowest BCUT2D eigenvalue weighted by molar-refractivity contribution is -0.121. The van der Waals surface area contributed by atoms with E-state index >= 15 is 0 Å². The van der Waals surface area contributed by atoms with Gasteiger partial charge in [0.15, 0.2) is 0 Å². The topological polar surface area (TPSA) is 81.7 Å². The first kappa shape index (κ1) is 22.6. The Morgan fingerprint density at radius 3 is 2.62 bits per heavy atom. The fourth-order valence-corrected chi connectivity index (χ4v) is 3.46. The Balaban J connectivity index is 1.10. The van der Waals surface area contributed by atoms with E-state index in [0.717, 1.165) is 36.5 Å². The van der Waals surface area contributed by atoms with Gasteiger partial charge in [-0.15, -0.1) is 0 Å². The van der Waals surface area contributed by atoms with Crippen LogP contribution in [0.15, 0.2) is 47.6 Å². The lowest BCUT2D eigenvalue weighted by atomic mass is 10.0. The van der Waals surface area contributed by atoms with Crippen LogP contribution in [0.4, 0.5) is 0 Å². The summed E-state index contributed by atoms with van der Waals surface area (Å²) < 4.78 is 22.3. The Hall–Kier alpha value is -2.61. The monoisotopic (exact) mass is 458 g/mol. The van der Waals surface area contributed by atoms with Gasteiger partial charge in [0, 0.05) is 25.9 Å². The minimum Gasteiger partial charge on any atom is -0.492 e. The molecule has 0 aromatic heterocycles. The van der Waals surface area contributed by atoms with Gasteiger partial charge in [-0.25, -0.2) is 5.43 Å². The van der Waals surface area contributed by atoms with E-state index in [4.69, 9.17) is 30.5 Å². The number of nitrogens with zero attached hydrogens (tertiary/aromatic N) is 1. The second-order valence-electron chi connectivity index (χ2n) is 7.71. The van der Waals surface area contributed by atoms with Gasteiger partial charge in [0.1, 0.15) is 24.2 Å². The number of rotatable bonds is 12. The van der Waals surface area contributed by atoms with E-state index in [-0.39, 0.29) is 12.0 Å². The van der Waals surface area contributed by atoms with Gasteiger partial charge in [0.2, 0.25) is 5.91 Å². The second kappa shape index (κ2) is 11.3. The number of halogens is 1. The Labute approximate surface area is 192 Å². The molecule has 0 unspecified atom stereocenters. The number of hydrazone groups is 1. The Bertz CT molecular complexity index is 944. The summed E-state index contributed by atoms with van der Waals surface area (Å²) in [5.41, 5.74) is 5.42. The first-order chi connectivity index (χ1) is 15.7. The molecule has 1 atom stereocenters. The van der Waals surface area contributed by atoms with E-state index in [2.05, 4.69) is 22.7 Å². The summed E-state index contributed by atoms with van der Waals surface area (Å²) in [5, 5.41) is 4.62. The van der Waals surface area contributed by atoms with E-state index in [1.54, 1.807) is 0 Å². The highest BCUT2D eigenvalue weighted by molar-refractivity contribution is 6.32. The molecular formula is C24H27ClN2O5. The van der Waals surface area contributed by atoms with Crippen LogP contribution in [0.1, 0.15) is 30.4 Å². The van der Waals surface area contributed by atoms with Crippen molar-refractivity contribution in [1.82, 2.24) is 5.43 Å². The summed E-state index contributed by atoms with van der Waals surface area (Å²) in [4.78, 5) is 11.2. The van der Waals surface area contributed by atoms with Crippen LogP contribution < -0.4 is 14.9 Å². The fraction of sp³-hybridized carbons (Fsp3) is 0.417. The zero-order valence-electron chi connectivity index (χ0n) is 17.8. The summed E-state index contributed by atoms with van der Waals surface area (Å²) in [7, 11) is 0. The molecule has 2 aromatic rings. The molecule has 7 nitrogen and oxygen atoms in total. The van der Waals surface area contributed by atoms with Gasteiger partial charge < -0.3 is 18.9 Å². The largest absolute Gasteiger partial charge is 0.492 e. The van der Waals surface area contributed by atoms with Gasteiger partial charge in [-0.2, -0.15) is 5.10 Å². The Morgan fingerprint density at radius 2 is 1.91 bits per heavy atom. The molecule has 4 rings (SSSR count). The van der Waals surface area contributed by atoms with Crippen LogP contribution in [0.3, 0.4) is 0 Å². The molecule has 2 heterocycles. The van der Waals surface area contributed by atoms with Gasteiger partial charge in [-0.1, -0.05) is 23.7 Å². The summed E-state index contributed by atoms with van der Waals surface area (Å²) in [6.45, 7) is 3.22. The highest BCUT2D eigenvalue weighted by atomic mass is 35.5. The molecule has 1 N–H and O–H groups in total. The summed E-state index contributed by atoms with van der Waals surface area (Å²) in [6.07, 6.45) is 2.93. The zero-order valence-corrected chi connectivity index (χ0v) is 18.6. The number of carbonyl (C=O) groups excluding carboxylic acids is 1. The van der Waals surface area contributed by atoms with E-state index in [9.17, 15) is 4.79 Å². The van der Waals surface area contributed by atoms with Crippen molar-refractivity contribution >= 4 is 23.2 Å². The van der Waals surface area contributed by atoms with Crippen LogP contribution in [0.5, 0.6) is 11.5 Å². The lowest BCUT2D eigenvalue weighted by Crippen LogP contribution is -2.25.